The van der Waals surface area contributed by atoms with Gasteiger partial charge in [0.05, 0.1) is 18.0 Å². The third-order valence-corrected chi connectivity index (χ3v) is 5.45. The van der Waals surface area contributed by atoms with Crippen LogP contribution >= 0.6 is 34.7 Å². The van der Waals surface area contributed by atoms with Crippen LogP contribution in [-0.2, 0) is 4.79 Å². The highest BCUT2D eigenvalue weighted by Crippen LogP contribution is 2.33. The van der Waals surface area contributed by atoms with Crippen molar-refractivity contribution in [3.63, 3.8) is 0 Å². The molecule has 10 heteroatoms. The molecular formula is C18H17ClN4O3S2. The number of ether oxygens (including phenoxy) is 2. The molecular weight excluding hydrogens is 420 g/mol. The van der Waals surface area contributed by atoms with E-state index in [-0.39, 0.29) is 11.7 Å². The number of hydrogen-bond donors (Lipinski definition) is 2. The minimum atomic E-state index is -0.224. The number of halogens is 1. The zero-order valence-corrected chi connectivity index (χ0v) is 17.2. The number of nitrogens with one attached hydrogen (secondary N) is 1. The second-order valence-corrected chi connectivity index (χ2v) is 8.06. The number of aromatic nitrogens is 2. The van der Waals surface area contributed by atoms with Crippen molar-refractivity contribution in [3.8, 4) is 17.2 Å². The molecule has 0 aliphatic carbocycles. The standard InChI is InChI=1S/C18H17ClN4O3S2/c1-2-25-12-4-6-13(7-5-12)26-15-8-3-11(19)9-14(15)21-16(24)10-27-18-23-22-17(20)28-18/h3-9H,2,10H2,1H3,(H2,20,22)(H,21,24). The Balaban J connectivity index is 1.66. The topological polar surface area (TPSA) is 99.4 Å². The fourth-order valence-corrected chi connectivity index (χ4v) is 3.79. The van der Waals surface area contributed by atoms with Crippen LogP contribution in [0.25, 0.3) is 0 Å². The molecule has 7 nitrogen and oxygen atoms in total. The minimum absolute atomic E-state index is 0.156. The molecule has 0 fully saturated rings. The monoisotopic (exact) mass is 436 g/mol. The molecule has 0 spiro atoms. The number of rotatable bonds is 8. The first-order valence-electron chi connectivity index (χ1n) is 8.25. The van der Waals surface area contributed by atoms with Gasteiger partial charge < -0.3 is 20.5 Å². The average molecular weight is 437 g/mol. The number of thioether (sulfide) groups is 1. The lowest BCUT2D eigenvalue weighted by atomic mass is 10.2. The fourth-order valence-electron chi connectivity index (χ4n) is 2.18. The summed E-state index contributed by atoms with van der Waals surface area (Å²) in [4.78, 5) is 12.3. The normalized spacial score (nSPS) is 10.5. The second-order valence-electron chi connectivity index (χ2n) is 5.39. The number of hydrogen-bond acceptors (Lipinski definition) is 8. The van der Waals surface area contributed by atoms with Crippen molar-refractivity contribution in [2.45, 2.75) is 11.3 Å². The van der Waals surface area contributed by atoms with Crippen LogP contribution in [0, 0.1) is 0 Å². The lowest BCUT2D eigenvalue weighted by Crippen LogP contribution is -2.14. The summed E-state index contributed by atoms with van der Waals surface area (Å²) in [5.74, 6) is 1.78. The van der Waals surface area contributed by atoms with Gasteiger partial charge in [0.15, 0.2) is 10.1 Å². The molecule has 0 saturated carbocycles. The molecule has 146 valence electrons. The Hall–Kier alpha value is -2.49. The summed E-state index contributed by atoms with van der Waals surface area (Å²) < 4.78 is 11.9. The Morgan fingerprint density at radius 1 is 1.21 bits per heavy atom. The van der Waals surface area contributed by atoms with E-state index in [2.05, 4.69) is 15.5 Å². The molecule has 1 aromatic heterocycles. The molecule has 0 radical (unpaired) electrons. The van der Waals surface area contributed by atoms with E-state index >= 15 is 0 Å². The molecule has 0 unspecified atom stereocenters. The van der Waals surface area contributed by atoms with Crippen LogP contribution in [0.1, 0.15) is 6.92 Å². The summed E-state index contributed by atoms with van der Waals surface area (Å²) in [6.45, 7) is 2.51. The SMILES string of the molecule is CCOc1ccc(Oc2ccc(Cl)cc2NC(=O)CSc2nnc(N)s2)cc1. The van der Waals surface area contributed by atoms with Crippen molar-refractivity contribution < 1.29 is 14.3 Å². The molecule has 3 N–H and O–H groups in total. The van der Waals surface area contributed by atoms with E-state index in [0.717, 1.165) is 5.75 Å². The number of carbonyl (C=O) groups excluding carboxylic acids is 1. The summed E-state index contributed by atoms with van der Waals surface area (Å²) in [5, 5.41) is 11.3. The van der Waals surface area contributed by atoms with Crippen molar-refractivity contribution in [2.24, 2.45) is 0 Å². The van der Waals surface area contributed by atoms with Crippen molar-refractivity contribution >= 4 is 51.4 Å². The third kappa shape index (κ3) is 5.75. The van der Waals surface area contributed by atoms with Crippen molar-refractivity contribution in [1.82, 2.24) is 10.2 Å². The van der Waals surface area contributed by atoms with Gasteiger partial charge in [0, 0.05) is 5.02 Å². The van der Waals surface area contributed by atoms with E-state index in [1.165, 1.54) is 23.1 Å². The van der Waals surface area contributed by atoms with E-state index in [4.69, 9.17) is 26.8 Å². The number of nitrogens with zero attached hydrogens (tertiary/aromatic N) is 2. The van der Waals surface area contributed by atoms with Gasteiger partial charge in [-0.3, -0.25) is 4.79 Å². The third-order valence-electron chi connectivity index (χ3n) is 3.33. The summed E-state index contributed by atoms with van der Waals surface area (Å²) >= 11 is 8.56. The van der Waals surface area contributed by atoms with E-state index in [9.17, 15) is 4.79 Å². The van der Waals surface area contributed by atoms with Crippen LogP contribution < -0.4 is 20.5 Å². The van der Waals surface area contributed by atoms with Gasteiger partial charge in [-0.05, 0) is 49.4 Å². The Morgan fingerprint density at radius 2 is 1.96 bits per heavy atom. The van der Waals surface area contributed by atoms with Crippen molar-refractivity contribution in [3.05, 3.63) is 47.5 Å². The molecule has 28 heavy (non-hydrogen) atoms. The number of carbonyl (C=O) groups is 1. The highest BCUT2D eigenvalue weighted by atomic mass is 35.5. The quantitative estimate of drug-likeness (QED) is 0.494. The van der Waals surface area contributed by atoms with Crippen LogP contribution in [0.15, 0.2) is 46.8 Å². The molecule has 3 rings (SSSR count). The zero-order chi connectivity index (χ0) is 19.9. The van der Waals surface area contributed by atoms with Gasteiger partial charge in [-0.2, -0.15) is 0 Å². The maximum absolute atomic E-state index is 12.3. The van der Waals surface area contributed by atoms with Crippen LogP contribution in [0.2, 0.25) is 5.02 Å². The van der Waals surface area contributed by atoms with Gasteiger partial charge in [-0.25, -0.2) is 0 Å². The molecule has 0 aliphatic heterocycles. The summed E-state index contributed by atoms with van der Waals surface area (Å²) in [5.41, 5.74) is 6.01. The first-order valence-corrected chi connectivity index (χ1v) is 10.4. The predicted octanol–water partition coefficient (Wildman–Crippen LogP) is 4.70. The lowest BCUT2D eigenvalue weighted by Gasteiger charge is -2.13. The molecule has 0 aliphatic rings. The second kappa shape index (κ2) is 9.63. The Kier molecular flexibility index (Phi) is 6.96. The number of nitrogens with two attached hydrogens (primary N) is 1. The highest BCUT2D eigenvalue weighted by Gasteiger charge is 2.12. The predicted molar refractivity (Wildman–Crippen MR) is 113 cm³/mol. The maximum atomic E-state index is 12.3. The van der Waals surface area contributed by atoms with Crippen LogP contribution in [0.5, 0.6) is 17.2 Å². The summed E-state index contributed by atoms with van der Waals surface area (Å²) in [6.07, 6.45) is 0. The molecule has 2 aromatic carbocycles. The Morgan fingerprint density at radius 3 is 2.64 bits per heavy atom. The van der Waals surface area contributed by atoms with Gasteiger partial charge in [0.25, 0.3) is 0 Å². The lowest BCUT2D eigenvalue weighted by molar-refractivity contribution is -0.113. The van der Waals surface area contributed by atoms with Gasteiger partial charge in [0.1, 0.15) is 11.5 Å². The van der Waals surface area contributed by atoms with E-state index in [1.807, 2.05) is 19.1 Å². The largest absolute Gasteiger partial charge is 0.494 e. The zero-order valence-electron chi connectivity index (χ0n) is 14.8. The van der Waals surface area contributed by atoms with Gasteiger partial charge in [-0.15, -0.1) is 10.2 Å². The molecule has 0 bridgehead atoms. The van der Waals surface area contributed by atoms with Crippen LogP contribution in [0.3, 0.4) is 0 Å². The molecule has 0 atom stereocenters. The summed E-state index contributed by atoms with van der Waals surface area (Å²) in [6, 6.07) is 12.3. The van der Waals surface area contributed by atoms with Gasteiger partial charge >= 0.3 is 0 Å². The first-order chi connectivity index (χ1) is 13.5. The van der Waals surface area contributed by atoms with E-state index in [0.29, 0.717) is 38.3 Å². The maximum Gasteiger partial charge on any atom is 0.234 e. The van der Waals surface area contributed by atoms with Gasteiger partial charge in [0.2, 0.25) is 11.0 Å². The van der Waals surface area contributed by atoms with Crippen molar-refractivity contribution in [1.29, 1.82) is 0 Å². The van der Waals surface area contributed by atoms with Gasteiger partial charge in [-0.1, -0.05) is 34.7 Å². The Bertz CT molecular complexity index is 950. The molecule has 1 heterocycles. The summed E-state index contributed by atoms with van der Waals surface area (Å²) in [7, 11) is 0. The van der Waals surface area contributed by atoms with Crippen LogP contribution in [-0.4, -0.2) is 28.5 Å². The fraction of sp³-hybridized carbons (Fsp3) is 0.167. The average Bonchev–Trinajstić information content (AvgIpc) is 3.09. The molecule has 3 aromatic rings. The number of amides is 1. The number of nitrogen functional groups attached to an aromatic ring is 1. The minimum Gasteiger partial charge on any atom is -0.494 e. The number of anilines is 2. The van der Waals surface area contributed by atoms with Crippen molar-refractivity contribution in [2.75, 3.05) is 23.4 Å². The smallest absolute Gasteiger partial charge is 0.234 e. The highest BCUT2D eigenvalue weighted by molar-refractivity contribution is 8.01. The molecule has 1 amide bonds. The Labute approximate surface area is 175 Å². The van der Waals surface area contributed by atoms with E-state index < -0.39 is 0 Å². The van der Waals surface area contributed by atoms with Crippen LogP contribution in [0.4, 0.5) is 10.8 Å². The number of benzene rings is 2. The first kappa shape index (κ1) is 20.2. The molecule has 0 saturated heterocycles. The van der Waals surface area contributed by atoms with E-state index in [1.54, 1.807) is 30.3 Å².